The van der Waals surface area contributed by atoms with Crippen LogP contribution in [-0.4, -0.2) is 17.2 Å². The van der Waals surface area contributed by atoms with Crippen molar-refractivity contribution in [3.05, 3.63) is 133 Å². The summed E-state index contributed by atoms with van der Waals surface area (Å²) in [5.74, 6) is -0.281. The number of carbonyl (C=O) groups excluding carboxylic acids is 2. The molecule has 0 radical (unpaired) electrons. The van der Waals surface area contributed by atoms with Crippen LogP contribution in [0.25, 0.3) is 0 Å². The zero-order valence-corrected chi connectivity index (χ0v) is 20.6. The molecule has 0 saturated heterocycles. The van der Waals surface area contributed by atoms with Gasteiger partial charge in [-0.3, -0.25) is 4.79 Å². The van der Waals surface area contributed by atoms with Crippen LogP contribution < -0.4 is 21.2 Å². The van der Waals surface area contributed by atoms with Crippen molar-refractivity contribution >= 4 is 45.7 Å². The average molecular weight is 490 g/mol. The van der Waals surface area contributed by atoms with Gasteiger partial charge in [-0.25, -0.2) is 4.79 Å². The fourth-order valence-corrected chi connectivity index (χ4v) is 10.3. The van der Waals surface area contributed by atoms with Crippen LogP contribution in [0.4, 0.5) is 5.69 Å². The van der Waals surface area contributed by atoms with Crippen LogP contribution >= 0.6 is 6.89 Å². The third kappa shape index (κ3) is 3.08. The Morgan fingerprint density at radius 2 is 1.14 bits per heavy atom. The Kier molecular flexibility index (Phi) is 5.28. The fraction of sp³-hybridized carbons (Fsp3) is 0.0645. The van der Waals surface area contributed by atoms with Gasteiger partial charge < -0.3 is 10.1 Å². The van der Waals surface area contributed by atoms with Crippen LogP contribution in [0.3, 0.4) is 0 Å². The number of benzene rings is 4. The predicted molar refractivity (Wildman–Crippen MR) is 147 cm³/mol. The monoisotopic (exact) mass is 489 g/mol. The molecule has 0 aliphatic carbocycles. The van der Waals surface area contributed by atoms with Crippen molar-refractivity contribution in [3.63, 3.8) is 0 Å². The van der Waals surface area contributed by atoms with Gasteiger partial charge in [-0.2, -0.15) is 0 Å². The van der Waals surface area contributed by atoms with Crippen LogP contribution in [-0.2, 0) is 19.7 Å². The van der Waals surface area contributed by atoms with Gasteiger partial charge in [0.1, 0.15) is 11.2 Å². The summed E-state index contributed by atoms with van der Waals surface area (Å²) < 4.78 is 5.85. The largest absolute Gasteiger partial charge is 0.428 e. The lowest BCUT2D eigenvalue weighted by Gasteiger charge is -2.40. The second-order valence-electron chi connectivity index (χ2n) is 8.98. The van der Waals surface area contributed by atoms with E-state index in [1.165, 1.54) is 0 Å². The van der Waals surface area contributed by atoms with E-state index in [9.17, 15) is 9.59 Å². The van der Waals surface area contributed by atoms with Gasteiger partial charge in [0.15, 0.2) is 0 Å². The van der Waals surface area contributed by atoms with Crippen molar-refractivity contribution in [1.82, 2.24) is 0 Å². The van der Waals surface area contributed by atoms with E-state index in [1.807, 2.05) is 84.9 Å². The number of cyclic esters (lactones) is 1. The zero-order chi connectivity index (χ0) is 24.8. The molecule has 4 aromatic rings. The van der Waals surface area contributed by atoms with Crippen molar-refractivity contribution in [2.75, 3.05) is 5.32 Å². The fourth-order valence-electron chi connectivity index (χ4n) is 5.61. The summed E-state index contributed by atoms with van der Waals surface area (Å²) in [6.45, 7) is -1.15. The van der Waals surface area contributed by atoms with Crippen molar-refractivity contribution in [3.8, 4) is 0 Å². The van der Waals surface area contributed by atoms with Gasteiger partial charge in [0, 0.05) is 5.69 Å². The molecule has 6 rings (SSSR count). The minimum atomic E-state index is -2.88. The number of esters is 1. The molecule has 1 N–H and O–H groups in total. The number of fused-ring (bicyclic) bond motifs is 2. The quantitative estimate of drug-likeness (QED) is 0.341. The van der Waals surface area contributed by atoms with Crippen LogP contribution in [0.15, 0.2) is 127 Å². The first kappa shape index (κ1) is 22.3. The van der Waals surface area contributed by atoms with Crippen LogP contribution in [0.2, 0.25) is 0 Å². The van der Waals surface area contributed by atoms with Crippen molar-refractivity contribution < 1.29 is 14.3 Å². The minimum Gasteiger partial charge on any atom is -0.428 e. The molecule has 0 fully saturated rings. The number of nitrogens with one attached hydrogen (secondary N) is 1. The first-order chi connectivity index (χ1) is 17.6. The Bertz CT molecular complexity index is 1470. The topological polar surface area (TPSA) is 55.4 Å². The van der Waals surface area contributed by atoms with Crippen molar-refractivity contribution in [2.45, 2.75) is 12.3 Å². The third-order valence-electron chi connectivity index (χ3n) is 6.96. The second kappa shape index (κ2) is 8.51. The van der Waals surface area contributed by atoms with Crippen LogP contribution in [0, 0.1) is 0 Å². The highest BCUT2D eigenvalue weighted by atomic mass is 31.2. The first-order valence-electron chi connectivity index (χ1n) is 11.8. The Labute approximate surface area is 210 Å². The molecule has 1 amide bonds. The molecule has 2 aliphatic heterocycles. The van der Waals surface area contributed by atoms with E-state index in [-0.39, 0.29) is 5.91 Å². The number of anilines is 1. The molecular weight excluding hydrogens is 465 g/mol. The highest BCUT2D eigenvalue weighted by Gasteiger charge is 2.57. The number of carbonyl (C=O) groups is 2. The summed E-state index contributed by atoms with van der Waals surface area (Å²) in [4.78, 5) is 28.3. The molecule has 0 saturated carbocycles. The number of amides is 1. The summed E-state index contributed by atoms with van der Waals surface area (Å²) in [6.07, 6.45) is 1.83. The van der Waals surface area contributed by atoms with Gasteiger partial charge in [0.25, 0.3) is 0 Å². The van der Waals surface area contributed by atoms with Gasteiger partial charge in [-0.1, -0.05) is 109 Å². The average Bonchev–Trinajstić information content (AvgIpc) is 3.18. The molecular formula is C31H24NO3P. The molecule has 4 aromatic carbocycles. The van der Waals surface area contributed by atoms with Gasteiger partial charge in [0.2, 0.25) is 5.91 Å². The summed E-state index contributed by atoms with van der Waals surface area (Å²) in [7, 11) is 0. The standard InChI is InChI=1S/C31H24NO3P/c1-22-21-31(26-19-11-12-20-27(26)32-30(31)34)28(29(33)35-22)36(23-13-5-2-6-14-23,24-15-7-3-8-16-24)25-17-9-4-10-18-25/h2-21H,1H3,(H,32,34). The van der Waals surface area contributed by atoms with Crippen LogP contribution in [0.1, 0.15) is 12.5 Å². The van der Waals surface area contributed by atoms with E-state index in [0.29, 0.717) is 16.7 Å². The van der Waals surface area contributed by atoms with E-state index in [4.69, 9.17) is 4.74 Å². The van der Waals surface area contributed by atoms with Gasteiger partial charge >= 0.3 is 5.97 Å². The van der Waals surface area contributed by atoms with Gasteiger partial charge in [-0.05, 0) is 47.4 Å². The number of rotatable bonds is 3. The summed E-state index contributed by atoms with van der Waals surface area (Å²) >= 11 is 0. The maximum absolute atomic E-state index is 14.2. The predicted octanol–water partition coefficient (Wildman–Crippen LogP) is 4.50. The smallest absolute Gasteiger partial charge is 0.341 e. The lowest BCUT2D eigenvalue weighted by atomic mass is 9.77. The minimum absolute atomic E-state index is 0.234. The van der Waals surface area contributed by atoms with E-state index in [2.05, 4.69) is 41.7 Å². The van der Waals surface area contributed by atoms with Crippen molar-refractivity contribution in [1.29, 1.82) is 0 Å². The normalized spacial score (nSPS) is 18.9. The lowest BCUT2D eigenvalue weighted by molar-refractivity contribution is -0.133. The molecule has 0 aromatic heterocycles. The number of ether oxygens (including phenoxy) is 1. The van der Waals surface area contributed by atoms with E-state index in [0.717, 1.165) is 21.5 Å². The molecule has 36 heavy (non-hydrogen) atoms. The maximum Gasteiger partial charge on any atom is 0.341 e. The zero-order valence-electron chi connectivity index (χ0n) is 19.7. The molecule has 2 heterocycles. The molecule has 1 unspecified atom stereocenters. The number of hydrogen-bond acceptors (Lipinski definition) is 3. The Balaban J connectivity index is 1.93. The SMILES string of the molecule is CC1=CC2(C(=O)Nc3ccccc32)C(=P(c2ccccc2)(c2ccccc2)c2ccccc2)C(=O)O1. The number of hydrogen-bond donors (Lipinski definition) is 1. The first-order valence-corrected chi connectivity index (χ1v) is 13.6. The number of para-hydroxylation sites is 1. The summed E-state index contributed by atoms with van der Waals surface area (Å²) in [5, 5.41) is 6.48. The van der Waals surface area contributed by atoms with Gasteiger partial charge in [0.05, 0.1) is 5.29 Å². The lowest BCUT2D eigenvalue weighted by Crippen LogP contribution is -2.51. The maximum atomic E-state index is 14.2. The van der Waals surface area contributed by atoms with Gasteiger partial charge in [-0.15, -0.1) is 0 Å². The molecule has 2 aliphatic rings. The van der Waals surface area contributed by atoms with Crippen molar-refractivity contribution in [2.24, 2.45) is 0 Å². The Morgan fingerprint density at radius 3 is 1.67 bits per heavy atom. The number of allylic oxidation sites excluding steroid dienone is 1. The van der Waals surface area contributed by atoms with E-state index < -0.39 is 18.3 Å². The molecule has 1 atom stereocenters. The van der Waals surface area contributed by atoms with E-state index >= 15 is 0 Å². The second-order valence-corrected chi connectivity index (χ2v) is 12.3. The molecule has 0 bridgehead atoms. The summed E-state index contributed by atoms with van der Waals surface area (Å²) in [6, 6.07) is 37.8. The van der Waals surface area contributed by atoms with E-state index in [1.54, 1.807) is 6.92 Å². The Morgan fingerprint density at radius 1 is 0.667 bits per heavy atom. The summed E-state index contributed by atoms with van der Waals surface area (Å²) in [5.41, 5.74) is 0.185. The highest BCUT2D eigenvalue weighted by Crippen LogP contribution is 2.55. The third-order valence-corrected chi connectivity index (χ3v) is 11.4. The highest BCUT2D eigenvalue weighted by molar-refractivity contribution is 7.96. The molecule has 176 valence electrons. The molecule has 4 nitrogen and oxygen atoms in total. The van der Waals surface area contributed by atoms with Crippen LogP contribution in [0.5, 0.6) is 0 Å². The molecule has 1 spiro atoms. The molecule has 5 heteroatoms. The Hall–Kier alpha value is -4.14.